The van der Waals surface area contributed by atoms with Gasteiger partial charge in [-0.3, -0.25) is 4.79 Å². The maximum absolute atomic E-state index is 12.1. The van der Waals surface area contributed by atoms with Crippen LogP contribution in [0.15, 0.2) is 0 Å². The number of hydrogen-bond donors (Lipinski definition) is 3. The second-order valence-electron chi connectivity index (χ2n) is 4.99. The Morgan fingerprint density at radius 3 is 2.56 bits per heavy atom. The van der Waals surface area contributed by atoms with Crippen LogP contribution in [0.25, 0.3) is 0 Å². The van der Waals surface area contributed by atoms with E-state index in [2.05, 4.69) is 10.6 Å². The van der Waals surface area contributed by atoms with Crippen molar-refractivity contribution in [3.05, 3.63) is 0 Å². The predicted molar refractivity (Wildman–Crippen MR) is 64.2 cm³/mol. The number of carbonyl (C=O) groups excluding carboxylic acids is 1. The minimum Gasteiger partial charge on any atom is -0.480 e. The van der Waals surface area contributed by atoms with E-state index in [1.807, 2.05) is 0 Å². The molecule has 0 spiro atoms. The van der Waals surface area contributed by atoms with Gasteiger partial charge in [-0.15, -0.1) is 0 Å². The average molecular weight is 256 g/mol. The number of hydrogen-bond acceptors (Lipinski definition) is 4. The number of carbonyl (C=O) groups is 2. The molecule has 6 nitrogen and oxygen atoms in total. The van der Waals surface area contributed by atoms with E-state index >= 15 is 0 Å². The molecule has 0 bridgehead atoms. The molecule has 102 valence electrons. The number of rotatable bonds is 3. The molecule has 18 heavy (non-hydrogen) atoms. The molecule has 2 aliphatic heterocycles. The molecule has 1 atom stereocenters. The Kier molecular flexibility index (Phi) is 4.19. The van der Waals surface area contributed by atoms with Crippen molar-refractivity contribution in [1.29, 1.82) is 0 Å². The fourth-order valence-electron chi connectivity index (χ4n) is 2.51. The Labute approximate surface area is 106 Å². The average Bonchev–Trinajstić information content (AvgIpc) is 2.40. The molecular weight excluding hydrogens is 236 g/mol. The van der Waals surface area contributed by atoms with E-state index in [-0.39, 0.29) is 11.9 Å². The summed E-state index contributed by atoms with van der Waals surface area (Å²) in [7, 11) is 0. The topological polar surface area (TPSA) is 87.7 Å². The fourth-order valence-corrected chi connectivity index (χ4v) is 2.51. The van der Waals surface area contributed by atoms with Crippen molar-refractivity contribution in [1.82, 2.24) is 10.6 Å². The Balaban J connectivity index is 1.99. The van der Waals surface area contributed by atoms with Crippen molar-refractivity contribution in [2.45, 2.75) is 43.7 Å². The molecule has 3 N–H and O–H groups in total. The van der Waals surface area contributed by atoms with E-state index in [1.165, 1.54) is 0 Å². The van der Waals surface area contributed by atoms with Gasteiger partial charge in [0, 0.05) is 26.1 Å². The lowest BCUT2D eigenvalue weighted by molar-refractivity contribution is -0.152. The summed E-state index contributed by atoms with van der Waals surface area (Å²) >= 11 is 0. The predicted octanol–water partition coefficient (Wildman–Crippen LogP) is -0.122. The van der Waals surface area contributed by atoms with Crippen LogP contribution in [0.1, 0.15) is 32.1 Å². The Hall–Kier alpha value is -1.14. The summed E-state index contributed by atoms with van der Waals surface area (Å²) in [5.41, 5.74) is -1.14. The first-order chi connectivity index (χ1) is 8.64. The highest BCUT2D eigenvalue weighted by Gasteiger charge is 2.42. The van der Waals surface area contributed by atoms with E-state index < -0.39 is 11.5 Å². The van der Waals surface area contributed by atoms with Gasteiger partial charge in [0.2, 0.25) is 5.91 Å². The van der Waals surface area contributed by atoms with Gasteiger partial charge < -0.3 is 20.5 Å². The van der Waals surface area contributed by atoms with Crippen molar-refractivity contribution in [3.8, 4) is 0 Å². The Bertz CT molecular complexity index is 320. The minimum absolute atomic E-state index is 0.195. The summed E-state index contributed by atoms with van der Waals surface area (Å²) in [4.78, 5) is 23.5. The van der Waals surface area contributed by atoms with Crippen LogP contribution in [0.4, 0.5) is 0 Å². The highest BCUT2D eigenvalue weighted by molar-refractivity contribution is 5.89. The standard InChI is InChI=1S/C12H20N2O4/c15-10(9-3-1-2-6-13-9)14-12(11(16)17)4-7-18-8-5-12/h9,13H,1-8H2,(H,14,15)(H,16,17). The van der Waals surface area contributed by atoms with Crippen LogP contribution in [0.5, 0.6) is 0 Å². The van der Waals surface area contributed by atoms with Crippen molar-refractivity contribution in [2.75, 3.05) is 19.8 Å². The number of carboxylic acid groups (broad SMARTS) is 1. The number of ether oxygens (including phenoxy) is 1. The molecular formula is C12H20N2O4. The first-order valence-electron chi connectivity index (χ1n) is 6.51. The third-order valence-corrected chi connectivity index (χ3v) is 3.75. The van der Waals surface area contributed by atoms with Crippen molar-refractivity contribution >= 4 is 11.9 Å². The van der Waals surface area contributed by atoms with E-state index in [1.54, 1.807) is 0 Å². The molecule has 2 rings (SSSR count). The molecule has 2 aliphatic rings. The molecule has 0 saturated carbocycles. The molecule has 1 amide bonds. The van der Waals surface area contributed by atoms with E-state index in [0.717, 1.165) is 25.8 Å². The number of carboxylic acids is 1. The lowest BCUT2D eigenvalue weighted by Crippen LogP contribution is -2.61. The number of amides is 1. The third-order valence-electron chi connectivity index (χ3n) is 3.75. The SMILES string of the molecule is O=C(NC1(C(=O)O)CCOCC1)C1CCCCN1. The van der Waals surface area contributed by atoms with Crippen LogP contribution >= 0.6 is 0 Å². The zero-order valence-corrected chi connectivity index (χ0v) is 10.4. The van der Waals surface area contributed by atoms with Gasteiger partial charge in [-0.05, 0) is 19.4 Å². The summed E-state index contributed by atoms with van der Waals surface area (Å²) in [6.45, 7) is 1.58. The molecule has 0 aromatic carbocycles. The van der Waals surface area contributed by atoms with Gasteiger partial charge in [-0.25, -0.2) is 4.79 Å². The molecule has 6 heteroatoms. The molecule has 2 saturated heterocycles. The van der Waals surface area contributed by atoms with Crippen LogP contribution in [0, 0.1) is 0 Å². The Morgan fingerprint density at radius 2 is 2.00 bits per heavy atom. The molecule has 1 unspecified atom stereocenters. The van der Waals surface area contributed by atoms with Gasteiger partial charge in [0.05, 0.1) is 6.04 Å². The van der Waals surface area contributed by atoms with E-state index in [4.69, 9.17) is 4.74 Å². The quantitative estimate of drug-likeness (QED) is 0.655. The second kappa shape index (κ2) is 5.67. The zero-order valence-electron chi connectivity index (χ0n) is 10.4. The number of nitrogens with one attached hydrogen (secondary N) is 2. The summed E-state index contributed by atoms with van der Waals surface area (Å²) in [5, 5.41) is 15.2. The van der Waals surface area contributed by atoms with Crippen molar-refractivity contribution < 1.29 is 19.4 Å². The molecule has 2 heterocycles. The van der Waals surface area contributed by atoms with Crippen LogP contribution in [-0.4, -0.2) is 48.3 Å². The van der Waals surface area contributed by atoms with Gasteiger partial charge >= 0.3 is 5.97 Å². The number of piperidine rings is 1. The van der Waals surface area contributed by atoms with Crippen molar-refractivity contribution in [2.24, 2.45) is 0 Å². The molecule has 0 radical (unpaired) electrons. The smallest absolute Gasteiger partial charge is 0.329 e. The first-order valence-corrected chi connectivity index (χ1v) is 6.51. The normalized spacial score (nSPS) is 27.4. The fraction of sp³-hybridized carbons (Fsp3) is 0.833. The maximum Gasteiger partial charge on any atom is 0.329 e. The monoisotopic (exact) mass is 256 g/mol. The summed E-state index contributed by atoms with van der Waals surface area (Å²) in [5.74, 6) is -1.16. The van der Waals surface area contributed by atoms with Crippen LogP contribution in [-0.2, 0) is 14.3 Å². The summed E-state index contributed by atoms with van der Waals surface area (Å²) < 4.78 is 5.17. The van der Waals surface area contributed by atoms with Crippen LogP contribution in [0.3, 0.4) is 0 Å². The number of aliphatic carboxylic acids is 1. The minimum atomic E-state index is -1.14. The molecule has 0 aliphatic carbocycles. The van der Waals surface area contributed by atoms with Gasteiger partial charge in [0.1, 0.15) is 5.54 Å². The van der Waals surface area contributed by atoms with Gasteiger partial charge in [0.15, 0.2) is 0 Å². The van der Waals surface area contributed by atoms with Crippen molar-refractivity contribution in [3.63, 3.8) is 0 Å². The van der Waals surface area contributed by atoms with E-state index in [0.29, 0.717) is 26.1 Å². The Morgan fingerprint density at radius 1 is 1.28 bits per heavy atom. The van der Waals surface area contributed by atoms with E-state index in [9.17, 15) is 14.7 Å². The lowest BCUT2D eigenvalue weighted by Gasteiger charge is -2.35. The molecule has 0 aromatic rings. The van der Waals surface area contributed by atoms with Gasteiger partial charge in [-0.1, -0.05) is 6.42 Å². The molecule has 0 aromatic heterocycles. The third kappa shape index (κ3) is 2.81. The van der Waals surface area contributed by atoms with Gasteiger partial charge in [0.25, 0.3) is 0 Å². The largest absolute Gasteiger partial charge is 0.480 e. The van der Waals surface area contributed by atoms with Gasteiger partial charge in [-0.2, -0.15) is 0 Å². The summed E-state index contributed by atoms with van der Waals surface area (Å²) in [6, 6.07) is -0.252. The highest BCUT2D eigenvalue weighted by Crippen LogP contribution is 2.21. The second-order valence-corrected chi connectivity index (χ2v) is 4.99. The van der Waals surface area contributed by atoms with Crippen LogP contribution in [0.2, 0.25) is 0 Å². The highest BCUT2D eigenvalue weighted by atomic mass is 16.5. The molecule has 2 fully saturated rings. The van der Waals surface area contributed by atoms with Crippen LogP contribution < -0.4 is 10.6 Å². The first kappa shape index (κ1) is 13.3. The lowest BCUT2D eigenvalue weighted by atomic mass is 9.89. The zero-order chi connectivity index (χ0) is 13.0. The summed E-state index contributed by atoms with van der Waals surface area (Å²) in [6.07, 6.45) is 3.52. The maximum atomic E-state index is 12.1.